The van der Waals surface area contributed by atoms with Gasteiger partial charge in [0.2, 0.25) is 5.91 Å². The summed E-state index contributed by atoms with van der Waals surface area (Å²) in [5, 5.41) is 0. The van der Waals surface area contributed by atoms with Gasteiger partial charge in [-0.1, -0.05) is 24.3 Å². The average molecular weight is 342 g/mol. The molecule has 1 fully saturated rings. The first-order chi connectivity index (χ1) is 12.2. The molecule has 2 aromatic rings. The first-order valence-corrected chi connectivity index (χ1v) is 8.57. The highest BCUT2D eigenvalue weighted by Crippen LogP contribution is 2.20. The largest absolute Gasteiger partial charge is 0.497 e. The van der Waals surface area contributed by atoms with Crippen molar-refractivity contribution in [2.75, 3.05) is 38.2 Å². The average Bonchev–Trinajstić information content (AvgIpc) is 2.67. The van der Waals surface area contributed by atoms with Gasteiger partial charge >= 0.3 is 0 Å². The van der Waals surface area contributed by atoms with E-state index in [0.717, 1.165) is 11.3 Å². The summed E-state index contributed by atoms with van der Waals surface area (Å²) in [4.78, 5) is 16.3. The Hall–Kier alpha value is -2.56. The van der Waals surface area contributed by atoms with Gasteiger partial charge in [-0.3, -0.25) is 4.79 Å². The minimum Gasteiger partial charge on any atom is -0.497 e. The molecular formula is C20H23FN2O2. The van der Waals surface area contributed by atoms with Gasteiger partial charge in [0, 0.05) is 32.6 Å². The number of amides is 1. The molecule has 25 heavy (non-hydrogen) atoms. The second kappa shape index (κ2) is 8.01. The topological polar surface area (TPSA) is 32.8 Å². The van der Waals surface area contributed by atoms with E-state index < -0.39 is 0 Å². The SMILES string of the molecule is COc1cccc(CCC(=O)N2CCN(c3ccccc3F)CC2)c1. The third-order valence-electron chi connectivity index (χ3n) is 4.59. The van der Waals surface area contributed by atoms with E-state index in [4.69, 9.17) is 4.74 Å². The summed E-state index contributed by atoms with van der Waals surface area (Å²) in [5.41, 5.74) is 1.71. The molecule has 1 amide bonds. The molecule has 0 spiro atoms. The molecular weight excluding hydrogens is 319 g/mol. The third kappa shape index (κ3) is 4.29. The highest BCUT2D eigenvalue weighted by atomic mass is 19.1. The monoisotopic (exact) mass is 342 g/mol. The van der Waals surface area contributed by atoms with Crippen molar-refractivity contribution in [2.45, 2.75) is 12.8 Å². The Morgan fingerprint density at radius 1 is 1.08 bits per heavy atom. The van der Waals surface area contributed by atoms with E-state index >= 15 is 0 Å². The molecule has 0 unspecified atom stereocenters. The summed E-state index contributed by atoms with van der Waals surface area (Å²) >= 11 is 0. The Balaban J connectivity index is 1.50. The van der Waals surface area contributed by atoms with Gasteiger partial charge in [-0.2, -0.15) is 0 Å². The number of hydrogen-bond donors (Lipinski definition) is 0. The molecule has 0 saturated carbocycles. The third-order valence-corrected chi connectivity index (χ3v) is 4.59. The predicted molar refractivity (Wildman–Crippen MR) is 96.5 cm³/mol. The zero-order chi connectivity index (χ0) is 17.6. The number of benzene rings is 2. The Morgan fingerprint density at radius 2 is 1.84 bits per heavy atom. The number of methoxy groups -OCH3 is 1. The van der Waals surface area contributed by atoms with Crippen LogP contribution in [-0.2, 0) is 11.2 Å². The van der Waals surface area contributed by atoms with Crippen LogP contribution in [0.2, 0.25) is 0 Å². The molecule has 2 aromatic carbocycles. The van der Waals surface area contributed by atoms with Crippen molar-refractivity contribution >= 4 is 11.6 Å². The maximum atomic E-state index is 13.9. The molecule has 0 aromatic heterocycles. The number of carbonyl (C=O) groups excluding carboxylic acids is 1. The van der Waals surface area contributed by atoms with E-state index in [0.29, 0.717) is 44.7 Å². The lowest BCUT2D eigenvalue weighted by Crippen LogP contribution is -2.49. The number of hydrogen-bond acceptors (Lipinski definition) is 3. The van der Waals surface area contributed by atoms with E-state index in [2.05, 4.69) is 0 Å². The molecule has 0 N–H and O–H groups in total. The molecule has 1 aliphatic rings. The molecule has 132 valence electrons. The zero-order valence-electron chi connectivity index (χ0n) is 14.5. The van der Waals surface area contributed by atoms with Gasteiger partial charge in [0.1, 0.15) is 11.6 Å². The van der Waals surface area contributed by atoms with Crippen LogP contribution in [0.4, 0.5) is 10.1 Å². The number of carbonyl (C=O) groups is 1. The fourth-order valence-electron chi connectivity index (χ4n) is 3.14. The van der Waals surface area contributed by atoms with E-state index in [1.54, 1.807) is 19.2 Å². The van der Waals surface area contributed by atoms with Crippen molar-refractivity contribution in [1.29, 1.82) is 0 Å². The van der Waals surface area contributed by atoms with Crippen LogP contribution in [0.15, 0.2) is 48.5 Å². The normalized spacial score (nSPS) is 14.5. The fraction of sp³-hybridized carbons (Fsp3) is 0.350. The Labute approximate surface area is 147 Å². The highest BCUT2D eigenvalue weighted by molar-refractivity contribution is 5.76. The molecule has 1 saturated heterocycles. The maximum absolute atomic E-state index is 13.9. The lowest BCUT2D eigenvalue weighted by Gasteiger charge is -2.36. The Bertz CT molecular complexity index is 727. The zero-order valence-corrected chi connectivity index (χ0v) is 14.5. The molecule has 0 radical (unpaired) electrons. The van der Waals surface area contributed by atoms with Crippen LogP contribution in [0, 0.1) is 5.82 Å². The number of nitrogens with zero attached hydrogens (tertiary/aromatic N) is 2. The van der Waals surface area contributed by atoms with Gasteiger partial charge in [-0.15, -0.1) is 0 Å². The second-order valence-corrected chi connectivity index (χ2v) is 6.17. The molecule has 5 heteroatoms. The minimum atomic E-state index is -0.208. The van der Waals surface area contributed by atoms with Crippen molar-refractivity contribution in [1.82, 2.24) is 4.90 Å². The van der Waals surface area contributed by atoms with Crippen molar-refractivity contribution in [2.24, 2.45) is 0 Å². The number of rotatable bonds is 5. The maximum Gasteiger partial charge on any atom is 0.223 e. The number of aryl methyl sites for hydroxylation is 1. The van der Waals surface area contributed by atoms with Crippen LogP contribution in [0.5, 0.6) is 5.75 Å². The summed E-state index contributed by atoms with van der Waals surface area (Å²) in [6.45, 7) is 2.58. The van der Waals surface area contributed by atoms with Gasteiger partial charge in [0.05, 0.1) is 12.8 Å². The number of piperazine rings is 1. The summed E-state index contributed by atoms with van der Waals surface area (Å²) in [5.74, 6) is 0.750. The van der Waals surface area contributed by atoms with Crippen molar-refractivity contribution in [3.05, 3.63) is 59.9 Å². The van der Waals surface area contributed by atoms with Crippen LogP contribution in [0.3, 0.4) is 0 Å². The number of halogens is 1. The molecule has 1 heterocycles. The molecule has 0 aliphatic carbocycles. The smallest absolute Gasteiger partial charge is 0.223 e. The van der Waals surface area contributed by atoms with Crippen LogP contribution in [-0.4, -0.2) is 44.1 Å². The van der Waals surface area contributed by atoms with Gasteiger partial charge in [-0.05, 0) is 36.2 Å². The van der Waals surface area contributed by atoms with Gasteiger partial charge in [-0.25, -0.2) is 4.39 Å². The number of ether oxygens (including phenoxy) is 1. The molecule has 0 atom stereocenters. The Kier molecular flexibility index (Phi) is 5.53. The molecule has 0 bridgehead atoms. The van der Waals surface area contributed by atoms with E-state index in [1.165, 1.54) is 6.07 Å². The first-order valence-electron chi connectivity index (χ1n) is 8.57. The van der Waals surface area contributed by atoms with Crippen LogP contribution in [0.1, 0.15) is 12.0 Å². The summed E-state index contributed by atoms with van der Waals surface area (Å²) in [6.07, 6.45) is 1.18. The first kappa shape index (κ1) is 17.3. The predicted octanol–water partition coefficient (Wildman–Crippen LogP) is 3.12. The van der Waals surface area contributed by atoms with Gasteiger partial charge in [0.15, 0.2) is 0 Å². The lowest BCUT2D eigenvalue weighted by atomic mass is 10.1. The standard InChI is InChI=1S/C20H23FN2O2/c1-25-17-6-4-5-16(15-17)9-10-20(24)23-13-11-22(12-14-23)19-8-3-2-7-18(19)21/h2-8,15H,9-14H2,1H3. The fourth-order valence-corrected chi connectivity index (χ4v) is 3.14. The van der Waals surface area contributed by atoms with Gasteiger partial charge < -0.3 is 14.5 Å². The van der Waals surface area contributed by atoms with E-state index in [9.17, 15) is 9.18 Å². The van der Waals surface area contributed by atoms with Gasteiger partial charge in [0.25, 0.3) is 0 Å². The van der Waals surface area contributed by atoms with E-state index in [-0.39, 0.29) is 11.7 Å². The van der Waals surface area contributed by atoms with E-state index in [1.807, 2.05) is 40.1 Å². The molecule has 3 rings (SSSR count). The summed E-state index contributed by atoms with van der Waals surface area (Å²) < 4.78 is 19.1. The Morgan fingerprint density at radius 3 is 2.56 bits per heavy atom. The summed E-state index contributed by atoms with van der Waals surface area (Å²) in [6, 6.07) is 14.6. The van der Waals surface area contributed by atoms with Crippen LogP contribution < -0.4 is 9.64 Å². The van der Waals surface area contributed by atoms with Crippen molar-refractivity contribution in [3.8, 4) is 5.75 Å². The summed E-state index contributed by atoms with van der Waals surface area (Å²) in [7, 11) is 1.64. The van der Waals surface area contributed by atoms with Crippen molar-refractivity contribution < 1.29 is 13.9 Å². The second-order valence-electron chi connectivity index (χ2n) is 6.17. The molecule has 1 aliphatic heterocycles. The number of para-hydroxylation sites is 1. The highest BCUT2D eigenvalue weighted by Gasteiger charge is 2.22. The number of anilines is 1. The molecule has 4 nitrogen and oxygen atoms in total. The lowest BCUT2D eigenvalue weighted by molar-refractivity contribution is -0.131. The minimum absolute atomic E-state index is 0.149. The van der Waals surface area contributed by atoms with Crippen LogP contribution in [0.25, 0.3) is 0 Å². The van der Waals surface area contributed by atoms with Crippen LogP contribution >= 0.6 is 0 Å². The van der Waals surface area contributed by atoms with Crippen molar-refractivity contribution in [3.63, 3.8) is 0 Å². The quantitative estimate of drug-likeness (QED) is 0.837.